The van der Waals surface area contributed by atoms with Crippen molar-refractivity contribution in [2.75, 3.05) is 6.54 Å². The summed E-state index contributed by atoms with van der Waals surface area (Å²) in [6.07, 6.45) is 2.35. The van der Waals surface area contributed by atoms with Crippen molar-refractivity contribution >= 4 is 28.1 Å². The van der Waals surface area contributed by atoms with Gasteiger partial charge in [0.25, 0.3) is 5.69 Å². The number of aryl methyl sites for hydroxylation is 2. The predicted octanol–water partition coefficient (Wildman–Crippen LogP) is 2.43. The molecule has 0 aliphatic heterocycles. The molecule has 0 aliphatic carbocycles. The fourth-order valence-electron chi connectivity index (χ4n) is 2.09. The number of rotatable bonds is 8. The zero-order chi connectivity index (χ0) is 16.9. The van der Waals surface area contributed by atoms with E-state index >= 15 is 0 Å². The highest BCUT2D eigenvalue weighted by Crippen LogP contribution is 2.27. The number of nitrogens with zero attached hydrogens (tertiary/aromatic N) is 1. The number of nitrogens with one attached hydrogen (secondary N) is 1. The number of nitro groups is 1. The van der Waals surface area contributed by atoms with Gasteiger partial charge < -0.3 is 5.73 Å². The summed E-state index contributed by atoms with van der Waals surface area (Å²) in [6.45, 7) is 5.57. The van der Waals surface area contributed by atoms with Gasteiger partial charge in [0.1, 0.15) is 0 Å². The molecular formula is C14H24ClN3O4S. The van der Waals surface area contributed by atoms with E-state index in [1.807, 2.05) is 6.92 Å². The van der Waals surface area contributed by atoms with Crippen LogP contribution in [0, 0.1) is 24.0 Å². The van der Waals surface area contributed by atoms with Crippen molar-refractivity contribution in [3.63, 3.8) is 0 Å². The van der Waals surface area contributed by atoms with E-state index in [0.29, 0.717) is 17.5 Å². The Kier molecular flexibility index (Phi) is 8.68. The first-order chi connectivity index (χ1) is 10.2. The first-order valence-electron chi connectivity index (χ1n) is 7.21. The first-order valence-corrected chi connectivity index (χ1v) is 8.69. The van der Waals surface area contributed by atoms with Crippen LogP contribution in [0.3, 0.4) is 0 Å². The van der Waals surface area contributed by atoms with Crippen molar-refractivity contribution < 1.29 is 13.3 Å². The monoisotopic (exact) mass is 365 g/mol. The highest BCUT2D eigenvalue weighted by Gasteiger charge is 2.28. The number of benzene rings is 1. The van der Waals surface area contributed by atoms with Gasteiger partial charge in [-0.15, -0.1) is 12.4 Å². The molecule has 0 saturated heterocycles. The highest BCUT2D eigenvalue weighted by atomic mass is 35.5. The van der Waals surface area contributed by atoms with Crippen LogP contribution in [-0.2, 0) is 10.0 Å². The van der Waals surface area contributed by atoms with E-state index in [0.717, 1.165) is 12.8 Å². The summed E-state index contributed by atoms with van der Waals surface area (Å²) in [5.74, 6) is 0. The van der Waals surface area contributed by atoms with Crippen LogP contribution in [0.5, 0.6) is 0 Å². The summed E-state index contributed by atoms with van der Waals surface area (Å²) in [4.78, 5) is 10.2. The number of nitro benzene ring substituents is 1. The molecule has 1 atom stereocenters. The lowest BCUT2D eigenvalue weighted by molar-refractivity contribution is -0.387. The predicted molar refractivity (Wildman–Crippen MR) is 92.5 cm³/mol. The quantitative estimate of drug-likeness (QED) is 0.542. The van der Waals surface area contributed by atoms with Crippen LogP contribution in [0.25, 0.3) is 0 Å². The Bertz CT molecular complexity index is 650. The summed E-state index contributed by atoms with van der Waals surface area (Å²) in [7, 11) is -3.99. The van der Waals surface area contributed by atoms with Gasteiger partial charge >= 0.3 is 0 Å². The summed E-state index contributed by atoms with van der Waals surface area (Å²) in [5.41, 5.74) is 6.53. The summed E-state index contributed by atoms with van der Waals surface area (Å²) >= 11 is 0. The third-order valence-corrected chi connectivity index (χ3v) is 5.12. The van der Waals surface area contributed by atoms with Gasteiger partial charge in [-0.1, -0.05) is 19.8 Å². The maximum atomic E-state index is 12.5. The topological polar surface area (TPSA) is 115 Å². The second kappa shape index (κ2) is 9.17. The van der Waals surface area contributed by atoms with Crippen molar-refractivity contribution in [3.8, 4) is 0 Å². The SMILES string of the molecule is CCCCC(CN)NS(=O)(=O)c1cc(C)c(C)cc1[N+](=O)[O-].Cl. The minimum Gasteiger partial charge on any atom is -0.329 e. The molecule has 0 bridgehead atoms. The minimum atomic E-state index is -3.99. The average Bonchev–Trinajstić information content (AvgIpc) is 2.45. The van der Waals surface area contributed by atoms with Gasteiger partial charge in [-0.25, -0.2) is 13.1 Å². The fraction of sp³-hybridized carbons (Fsp3) is 0.571. The first kappa shape index (κ1) is 21.8. The second-order valence-corrected chi connectivity index (χ2v) is 7.04. The van der Waals surface area contributed by atoms with Gasteiger partial charge in [-0.2, -0.15) is 0 Å². The smallest absolute Gasteiger partial charge is 0.289 e. The number of sulfonamides is 1. The Hall–Kier alpha value is -1.22. The molecule has 0 spiro atoms. The molecule has 1 aromatic rings. The summed E-state index contributed by atoms with van der Waals surface area (Å²) in [5, 5.41) is 11.1. The van der Waals surface area contributed by atoms with Crippen molar-refractivity contribution in [3.05, 3.63) is 33.4 Å². The molecule has 0 amide bonds. The molecule has 0 fully saturated rings. The average molecular weight is 366 g/mol. The lowest BCUT2D eigenvalue weighted by Gasteiger charge is -2.17. The van der Waals surface area contributed by atoms with E-state index in [2.05, 4.69) is 4.72 Å². The summed E-state index contributed by atoms with van der Waals surface area (Å²) < 4.78 is 27.4. The van der Waals surface area contributed by atoms with E-state index in [-0.39, 0.29) is 23.8 Å². The maximum Gasteiger partial charge on any atom is 0.289 e. The second-order valence-electron chi connectivity index (χ2n) is 5.36. The number of nitrogens with two attached hydrogens (primary N) is 1. The third kappa shape index (κ3) is 5.72. The number of unbranched alkanes of at least 4 members (excludes halogenated alkanes) is 1. The number of halogens is 1. The molecule has 0 heterocycles. The largest absolute Gasteiger partial charge is 0.329 e. The van der Waals surface area contributed by atoms with Gasteiger partial charge in [0, 0.05) is 18.7 Å². The molecule has 9 heteroatoms. The van der Waals surface area contributed by atoms with Crippen LogP contribution in [-0.4, -0.2) is 25.9 Å². The van der Waals surface area contributed by atoms with Gasteiger partial charge in [-0.3, -0.25) is 10.1 Å². The van der Waals surface area contributed by atoms with Crippen LogP contribution in [0.1, 0.15) is 37.3 Å². The molecular weight excluding hydrogens is 342 g/mol. The molecule has 23 heavy (non-hydrogen) atoms. The van der Waals surface area contributed by atoms with Crippen molar-refractivity contribution in [1.82, 2.24) is 4.72 Å². The minimum absolute atomic E-state index is 0. The molecule has 132 valence electrons. The highest BCUT2D eigenvalue weighted by molar-refractivity contribution is 7.89. The molecule has 0 radical (unpaired) electrons. The van der Waals surface area contributed by atoms with Gasteiger partial charge in [0.15, 0.2) is 4.90 Å². The van der Waals surface area contributed by atoms with Crippen molar-refractivity contribution in [2.45, 2.75) is 51.0 Å². The molecule has 0 aliphatic rings. The Morgan fingerprint density at radius 3 is 2.35 bits per heavy atom. The van der Waals surface area contributed by atoms with E-state index in [9.17, 15) is 18.5 Å². The fourth-order valence-corrected chi connectivity index (χ4v) is 3.61. The van der Waals surface area contributed by atoms with Gasteiger partial charge in [-0.05, 0) is 37.5 Å². The molecule has 7 nitrogen and oxygen atoms in total. The number of hydrogen-bond acceptors (Lipinski definition) is 5. The molecule has 0 aromatic heterocycles. The molecule has 3 N–H and O–H groups in total. The molecule has 1 aromatic carbocycles. The van der Waals surface area contributed by atoms with Crippen LogP contribution in [0.4, 0.5) is 5.69 Å². The Labute approximate surface area is 143 Å². The summed E-state index contributed by atoms with van der Waals surface area (Å²) in [6, 6.07) is 2.20. The lowest BCUT2D eigenvalue weighted by Crippen LogP contribution is -2.40. The zero-order valence-electron chi connectivity index (χ0n) is 13.5. The van der Waals surface area contributed by atoms with E-state index in [1.165, 1.54) is 12.1 Å². The van der Waals surface area contributed by atoms with E-state index in [4.69, 9.17) is 5.73 Å². The van der Waals surface area contributed by atoms with Crippen LogP contribution in [0.15, 0.2) is 17.0 Å². The maximum absolute atomic E-state index is 12.5. The van der Waals surface area contributed by atoms with Crippen LogP contribution < -0.4 is 10.5 Å². The van der Waals surface area contributed by atoms with E-state index in [1.54, 1.807) is 13.8 Å². The van der Waals surface area contributed by atoms with Crippen molar-refractivity contribution in [1.29, 1.82) is 0 Å². The molecule has 0 saturated carbocycles. The zero-order valence-corrected chi connectivity index (χ0v) is 15.2. The van der Waals surface area contributed by atoms with Gasteiger partial charge in [0.05, 0.1) is 4.92 Å². The Balaban J connectivity index is 0.00000484. The molecule has 1 rings (SSSR count). The Morgan fingerprint density at radius 2 is 1.87 bits per heavy atom. The molecule has 1 unspecified atom stereocenters. The van der Waals surface area contributed by atoms with Crippen molar-refractivity contribution in [2.24, 2.45) is 5.73 Å². The Morgan fingerprint density at radius 1 is 1.30 bits per heavy atom. The number of hydrogen-bond donors (Lipinski definition) is 2. The third-order valence-electron chi connectivity index (χ3n) is 3.57. The van der Waals surface area contributed by atoms with Gasteiger partial charge in [0.2, 0.25) is 10.0 Å². The van der Waals surface area contributed by atoms with Crippen LogP contribution >= 0.6 is 12.4 Å². The van der Waals surface area contributed by atoms with Crippen LogP contribution in [0.2, 0.25) is 0 Å². The lowest BCUT2D eigenvalue weighted by atomic mass is 10.1. The van der Waals surface area contributed by atoms with E-state index < -0.39 is 26.7 Å². The normalized spacial score (nSPS) is 12.5. The standard InChI is InChI=1S/C14H23N3O4S.ClH/c1-4-5-6-12(9-15)16-22(20,21)14-8-11(3)10(2)7-13(14)17(18)19;/h7-8,12,16H,4-6,9,15H2,1-3H3;1H.